The highest BCUT2D eigenvalue weighted by atomic mass is 16.6. The molecular formula is C21H25N5O2. The maximum Gasteiger partial charge on any atom is 0.410 e. The van der Waals surface area contributed by atoms with E-state index in [9.17, 15) is 10.1 Å². The molecule has 7 nitrogen and oxygen atoms in total. The molecule has 0 radical (unpaired) electrons. The SMILES string of the molecule is CC(C)(C)OC(=O)N1CCN(c2cc(-c3cnccc3C#N)ccc2N)CC1. The summed E-state index contributed by atoms with van der Waals surface area (Å²) in [5.74, 6) is 0. The van der Waals surface area contributed by atoms with Crippen molar-refractivity contribution in [3.63, 3.8) is 0 Å². The summed E-state index contributed by atoms with van der Waals surface area (Å²) in [6.07, 6.45) is 3.01. The number of nitriles is 1. The van der Waals surface area contributed by atoms with Crippen LogP contribution in [0.5, 0.6) is 0 Å². The first-order valence-corrected chi connectivity index (χ1v) is 9.25. The fourth-order valence-electron chi connectivity index (χ4n) is 3.16. The van der Waals surface area contributed by atoms with Crippen molar-refractivity contribution in [1.82, 2.24) is 9.88 Å². The maximum absolute atomic E-state index is 12.3. The van der Waals surface area contributed by atoms with E-state index in [2.05, 4.69) is 16.0 Å². The minimum atomic E-state index is -0.505. The highest BCUT2D eigenvalue weighted by molar-refractivity contribution is 5.79. The van der Waals surface area contributed by atoms with E-state index >= 15 is 0 Å². The Labute approximate surface area is 165 Å². The molecule has 1 aromatic carbocycles. The molecule has 2 aromatic rings. The molecule has 1 amide bonds. The number of nitrogens with two attached hydrogens (primary N) is 1. The van der Waals surface area contributed by atoms with Gasteiger partial charge >= 0.3 is 6.09 Å². The second-order valence-corrected chi connectivity index (χ2v) is 7.76. The zero-order valence-corrected chi connectivity index (χ0v) is 16.5. The maximum atomic E-state index is 12.3. The van der Waals surface area contributed by atoms with Crippen LogP contribution >= 0.6 is 0 Å². The van der Waals surface area contributed by atoms with Crippen LogP contribution in [-0.4, -0.2) is 47.8 Å². The summed E-state index contributed by atoms with van der Waals surface area (Å²) >= 11 is 0. The number of hydrogen-bond acceptors (Lipinski definition) is 6. The average Bonchev–Trinajstić information content (AvgIpc) is 2.67. The molecule has 146 valence electrons. The lowest BCUT2D eigenvalue weighted by Crippen LogP contribution is -2.50. The van der Waals surface area contributed by atoms with Crippen LogP contribution in [0.25, 0.3) is 11.1 Å². The van der Waals surface area contributed by atoms with Crippen molar-refractivity contribution in [3.05, 3.63) is 42.2 Å². The molecular weight excluding hydrogens is 354 g/mol. The standard InChI is InChI=1S/C21H25N5O2/c1-21(2,3)28-20(27)26-10-8-25(9-11-26)19-12-15(4-5-18(19)23)17-14-24-7-6-16(17)13-22/h4-7,12,14H,8-11,23H2,1-3H3. The van der Waals surface area contributed by atoms with E-state index in [1.165, 1.54) is 0 Å². The summed E-state index contributed by atoms with van der Waals surface area (Å²) in [6.45, 7) is 8.03. The monoisotopic (exact) mass is 379 g/mol. The molecule has 0 aliphatic carbocycles. The highest BCUT2D eigenvalue weighted by Gasteiger charge is 2.26. The second kappa shape index (κ2) is 7.77. The van der Waals surface area contributed by atoms with E-state index in [1.807, 2.05) is 39.0 Å². The van der Waals surface area contributed by atoms with Gasteiger partial charge in [-0.25, -0.2) is 4.79 Å². The third-order valence-electron chi connectivity index (χ3n) is 4.56. The van der Waals surface area contributed by atoms with E-state index in [0.717, 1.165) is 16.8 Å². The van der Waals surface area contributed by atoms with Crippen molar-refractivity contribution in [2.75, 3.05) is 36.8 Å². The molecule has 1 aliphatic heterocycles. The van der Waals surface area contributed by atoms with Gasteiger partial charge in [0.1, 0.15) is 5.60 Å². The summed E-state index contributed by atoms with van der Waals surface area (Å²) in [5.41, 5.74) is 9.51. The number of rotatable bonds is 2. The van der Waals surface area contributed by atoms with Gasteiger partial charge in [0.25, 0.3) is 0 Å². The van der Waals surface area contributed by atoms with Gasteiger partial charge in [-0.2, -0.15) is 5.26 Å². The van der Waals surface area contributed by atoms with Gasteiger partial charge in [-0.05, 0) is 44.5 Å². The Hall–Kier alpha value is -3.27. The van der Waals surface area contributed by atoms with Crippen LogP contribution in [0.4, 0.5) is 16.2 Å². The van der Waals surface area contributed by atoms with Crippen molar-refractivity contribution in [3.8, 4) is 17.2 Å². The topological polar surface area (TPSA) is 95.5 Å². The summed E-state index contributed by atoms with van der Waals surface area (Å²) in [6, 6.07) is 9.63. The molecule has 1 aromatic heterocycles. The number of benzene rings is 1. The molecule has 0 bridgehead atoms. The van der Waals surface area contributed by atoms with Crippen molar-refractivity contribution in [2.45, 2.75) is 26.4 Å². The third-order valence-corrected chi connectivity index (χ3v) is 4.56. The van der Waals surface area contributed by atoms with Crippen LogP contribution in [0.3, 0.4) is 0 Å². The highest BCUT2D eigenvalue weighted by Crippen LogP contribution is 2.32. The minimum absolute atomic E-state index is 0.289. The molecule has 0 saturated carbocycles. The lowest BCUT2D eigenvalue weighted by atomic mass is 10.0. The second-order valence-electron chi connectivity index (χ2n) is 7.76. The van der Waals surface area contributed by atoms with Crippen LogP contribution in [0.1, 0.15) is 26.3 Å². The predicted molar refractivity (Wildman–Crippen MR) is 109 cm³/mol. The van der Waals surface area contributed by atoms with Crippen molar-refractivity contribution >= 4 is 17.5 Å². The van der Waals surface area contributed by atoms with Gasteiger partial charge in [-0.3, -0.25) is 4.98 Å². The van der Waals surface area contributed by atoms with Gasteiger partial charge in [0.05, 0.1) is 23.0 Å². The number of ether oxygens (including phenoxy) is 1. The Bertz CT molecular complexity index is 906. The third kappa shape index (κ3) is 4.34. The zero-order chi connectivity index (χ0) is 20.3. The number of nitrogen functional groups attached to an aromatic ring is 1. The number of hydrogen-bond donors (Lipinski definition) is 1. The number of aromatic nitrogens is 1. The largest absolute Gasteiger partial charge is 0.444 e. The van der Waals surface area contributed by atoms with E-state index in [4.69, 9.17) is 10.5 Å². The van der Waals surface area contributed by atoms with Crippen LogP contribution in [0.15, 0.2) is 36.7 Å². The molecule has 0 spiro atoms. The van der Waals surface area contributed by atoms with E-state index < -0.39 is 5.60 Å². The molecule has 0 unspecified atom stereocenters. The summed E-state index contributed by atoms with van der Waals surface area (Å²) < 4.78 is 5.45. The van der Waals surface area contributed by atoms with E-state index in [0.29, 0.717) is 37.4 Å². The number of anilines is 2. The lowest BCUT2D eigenvalue weighted by Gasteiger charge is -2.37. The lowest BCUT2D eigenvalue weighted by molar-refractivity contribution is 0.0240. The van der Waals surface area contributed by atoms with Crippen LogP contribution in [0.2, 0.25) is 0 Å². The Morgan fingerprint density at radius 2 is 1.93 bits per heavy atom. The normalized spacial score (nSPS) is 14.5. The minimum Gasteiger partial charge on any atom is -0.444 e. The number of carbonyl (C=O) groups excluding carboxylic acids is 1. The molecule has 28 heavy (non-hydrogen) atoms. The Kier molecular flexibility index (Phi) is 5.41. The fraction of sp³-hybridized carbons (Fsp3) is 0.381. The van der Waals surface area contributed by atoms with Crippen molar-refractivity contribution < 1.29 is 9.53 Å². The zero-order valence-electron chi connectivity index (χ0n) is 16.5. The first-order valence-electron chi connectivity index (χ1n) is 9.25. The Morgan fingerprint density at radius 1 is 1.21 bits per heavy atom. The first kappa shape index (κ1) is 19.5. The molecule has 3 rings (SSSR count). The summed E-state index contributed by atoms with van der Waals surface area (Å²) in [4.78, 5) is 20.3. The van der Waals surface area contributed by atoms with E-state index in [-0.39, 0.29) is 6.09 Å². The predicted octanol–water partition coefficient (Wildman–Crippen LogP) is 3.26. The number of pyridine rings is 1. The molecule has 1 saturated heterocycles. The number of amides is 1. The summed E-state index contributed by atoms with van der Waals surface area (Å²) in [5, 5.41) is 9.35. The van der Waals surface area contributed by atoms with Crippen molar-refractivity contribution in [2.24, 2.45) is 0 Å². The smallest absolute Gasteiger partial charge is 0.410 e. The van der Waals surface area contributed by atoms with Gasteiger partial charge in [0.2, 0.25) is 0 Å². The van der Waals surface area contributed by atoms with Gasteiger partial charge in [0.15, 0.2) is 0 Å². The fourth-order valence-corrected chi connectivity index (χ4v) is 3.16. The number of nitrogens with zero attached hydrogens (tertiary/aromatic N) is 4. The molecule has 2 heterocycles. The molecule has 1 aliphatic rings. The van der Waals surface area contributed by atoms with Gasteiger partial charge in [0, 0.05) is 44.1 Å². The van der Waals surface area contributed by atoms with E-state index in [1.54, 1.807) is 23.4 Å². The van der Waals surface area contributed by atoms with Gasteiger partial charge < -0.3 is 20.3 Å². The van der Waals surface area contributed by atoms with Crippen molar-refractivity contribution in [1.29, 1.82) is 5.26 Å². The molecule has 2 N–H and O–H groups in total. The Balaban J connectivity index is 1.77. The Morgan fingerprint density at radius 3 is 2.57 bits per heavy atom. The first-order chi connectivity index (χ1) is 13.3. The molecule has 1 fully saturated rings. The van der Waals surface area contributed by atoms with Crippen LogP contribution in [-0.2, 0) is 4.74 Å². The van der Waals surface area contributed by atoms with Crippen LogP contribution in [0, 0.1) is 11.3 Å². The average molecular weight is 379 g/mol. The van der Waals surface area contributed by atoms with Gasteiger partial charge in [-0.15, -0.1) is 0 Å². The van der Waals surface area contributed by atoms with Crippen LogP contribution < -0.4 is 10.6 Å². The summed E-state index contributed by atoms with van der Waals surface area (Å²) in [7, 11) is 0. The number of carbonyl (C=O) groups is 1. The molecule has 7 heteroatoms. The quantitative estimate of drug-likeness (QED) is 0.805. The number of piperazine rings is 1. The van der Waals surface area contributed by atoms with Gasteiger partial charge in [-0.1, -0.05) is 6.07 Å². The molecule has 0 atom stereocenters.